The lowest BCUT2D eigenvalue weighted by molar-refractivity contribution is 0.1000. The molecule has 1 rings (SSSR count). The predicted molar refractivity (Wildman–Crippen MR) is 84.6 cm³/mol. The maximum atomic E-state index is 11.2. The highest BCUT2D eigenvalue weighted by atomic mass is 16.5. The fourth-order valence-electron chi connectivity index (χ4n) is 1.99. The van der Waals surface area contributed by atoms with Gasteiger partial charge in [0, 0.05) is 31.9 Å². The fraction of sp³-hybridized carbons (Fsp3) is 0.533. The molecule has 0 unspecified atom stereocenters. The molecule has 0 bridgehead atoms. The number of nitrogens with two attached hydrogens (primary N) is 2. The molecule has 1 aromatic carbocycles. The predicted octanol–water partition coefficient (Wildman–Crippen LogP) is 1.25. The van der Waals surface area contributed by atoms with Crippen molar-refractivity contribution in [3.8, 4) is 0 Å². The van der Waals surface area contributed by atoms with E-state index in [4.69, 9.17) is 20.9 Å². The van der Waals surface area contributed by atoms with E-state index in [-0.39, 0.29) is 0 Å². The van der Waals surface area contributed by atoms with E-state index in [1.54, 1.807) is 12.1 Å². The average Bonchev–Trinajstić information content (AvgIpc) is 2.46. The zero-order valence-corrected chi connectivity index (χ0v) is 12.8. The van der Waals surface area contributed by atoms with Gasteiger partial charge in [-0.1, -0.05) is 0 Å². The van der Waals surface area contributed by atoms with Crippen molar-refractivity contribution in [3.05, 3.63) is 23.8 Å². The van der Waals surface area contributed by atoms with Gasteiger partial charge < -0.3 is 25.8 Å². The molecule has 0 aliphatic heterocycles. The number of benzene rings is 1. The van der Waals surface area contributed by atoms with Crippen molar-refractivity contribution in [2.45, 2.75) is 13.8 Å². The van der Waals surface area contributed by atoms with Crippen LogP contribution in [-0.4, -0.2) is 45.4 Å². The molecule has 0 saturated carbocycles. The minimum absolute atomic E-state index is 0.408. The first-order valence-electron chi connectivity index (χ1n) is 7.19. The molecule has 1 aromatic rings. The largest absolute Gasteiger partial charge is 0.397 e. The van der Waals surface area contributed by atoms with Crippen LogP contribution in [0.4, 0.5) is 11.4 Å². The summed E-state index contributed by atoms with van der Waals surface area (Å²) in [6.07, 6.45) is 0. The molecular formula is C15H25N3O3. The molecule has 0 aliphatic rings. The Bertz CT molecular complexity index is 442. The zero-order valence-electron chi connectivity index (χ0n) is 12.8. The average molecular weight is 295 g/mol. The second kappa shape index (κ2) is 9.20. The molecule has 1 amide bonds. The second-order valence-corrected chi connectivity index (χ2v) is 4.52. The van der Waals surface area contributed by atoms with Crippen LogP contribution in [0.1, 0.15) is 24.2 Å². The van der Waals surface area contributed by atoms with Gasteiger partial charge in [-0.05, 0) is 32.0 Å². The normalized spacial score (nSPS) is 10.6. The van der Waals surface area contributed by atoms with Crippen molar-refractivity contribution in [2.75, 3.05) is 50.2 Å². The molecular weight excluding hydrogens is 270 g/mol. The van der Waals surface area contributed by atoms with Gasteiger partial charge in [0.2, 0.25) is 5.91 Å². The summed E-state index contributed by atoms with van der Waals surface area (Å²) in [6.45, 7) is 7.91. The summed E-state index contributed by atoms with van der Waals surface area (Å²) in [4.78, 5) is 13.3. The number of carbonyl (C=O) groups excluding carboxylic acids is 1. The van der Waals surface area contributed by atoms with Crippen molar-refractivity contribution < 1.29 is 14.3 Å². The number of primary amides is 1. The number of anilines is 2. The number of carbonyl (C=O) groups is 1. The Labute approximate surface area is 126 Å². The number of nitrogens with zero attached hydrogens (tertiary/aromatic N) is 1. The smallest absolute Gasteiger partial charge is 0.248 e. The van der Waals surface area contributed by atoms with Gasteiger partial charge in [0.15, 0.2) is 0 Å². The SMILES string of the molecule is CCOCCN(CCOCC)c1ccc(C(N)=O)cc1N. The first kappa shape index (κ1) is 17.3. The standard InChI is InChI=1S/C15H25N3O3/c1-3-20-9-7-18(8-10-21-4-2)14-6-5-12(15(17)19)11-13(14)16/h5-6,11H,3-4,7-10,16H2,1-2H3,(H2,17,19). The van der Waals surface area contributed by atoms with Gasteiger partial charge in [0.25, 0.3) is 0 Å². The third-order valence-electron chi connectivity index (χ3n) is 3.07. The maximum Gasteiger partial charge on any atom is 0.248 e. The monoisotopic (exact) mass is 295 g/mol. The first-order chi connectivity index (χ1) is 10.1. The van der Waals surface area contributed by atoms with Crippen molar-refractivity contribution in [1.82, 2.24) is 0 Å². The van der Waals surface area contributed by atoms with Crippen LogP contribution in [0.5, 0.6) is 0 Å². The van der Waals surface area contributed by atoms with E-state index < -0.39 is 5.91 Å². The Morgan fingerprint density at radius 2 is 1.71 bits per heavy atom. The number of ether oxygens (including phenoxy) is 2. The molecule has 21 heavy (non-hydrogen) atoms. The maximum absolute atomic E-state index is 11.2. The van der Waals surface area contributed by atoms with E-state index >= 15 is 0 Å². The Morgan fingerprint density at radius 1 is 1.14 bits per heavy atom. The van der Waals surface area contributed by atoms with Gasteiger partial charge in [-0.3, -0.25) is 4.79 Å². The van der Waals surface area contributed by atoms with Crippen LogP contribution in [0, 0.1) is 0 Å². The number of amides is 1. The molecule has 0 radical (unpaired) electrons. The van der Waals surface area contributed by atoms with Crippen LogP contribution in [-0.2, 0) is 9.47 Å². The number of hydrogen-bond donors (Lipinski definition) is 2. The molecule has 0 saturated heterocycles. The molecule has 0 heterocycles. The van der Waals surface area contributed by atoms with Gasteiger partial charge >= 0.3 is 0 Å². The minimum atomic E-state index is -0.483. The van der Waals surface area contributed by atoms with Crippen molar-refractivity contribution >= 4 is 17.3 Å². The molecule has 4 N–H and O–H groups in total. The summed E-state index contributed by atoms with van der Waals surface area (Å²) in [6, 6.07) is 5.10. The third kappa shape index (κ3) is 5.61. The van der Waals surface area contributed by atoms with E-state index in [1.165, 1.54) is 0 Å². The van der Waals surface area contributed by atoms with Crippen LogP contribution in [0.15, 0.2) is 18.2 Å². The highest BCUT2D eigenvalue weighted by molar-refractivity contribution is 5.94. The topological polar surface area (TPSA) is 90.8 Å². The lowest BCUT2D eigenvalue weighted by Gasteiger charge is -2.26. The van der Waals surface area contributed by atoms with Crippen molar-refractivity contribution in [2.24, 2.45) is 5.73 Å². The molecule has 0 aromatic heterocycles. The van der Waals surface area contributed by atoms with Crippen LogP contribution in [0.3, 0.4) is 0 Å². The van der Waals surface area contributed by atoms with Gasteiger partial charge in [0.1, 0.15) is 0 Å². The summed E-state index contributed by atoms with van der Waals surface area (Å²) >= 11 is 0. The van der Waals surface area contributed by atoms with E-state index in [2.05, 4.69) is 4.90 Å². The lowest BCUT2D eigenvalue weighted by Crippen LogP contribution is -2.31. The summed E-state index contributed by atoms with van der Waals surface area (Å²) in [5, 5.41) is 0. The molecule has 6 heteroatoms. The molecule has 118 valence electrons. The van der Waals surface area contributed by atoms with Gasteiger partial charge in [-0.25, -0.2) is 0 Å². The Hall–Kier alpha value is -1.79. The minimum Gasteiger partial charge on any atom is -0.397 e. The number of rotatable bonds is 10. The quantitative estimate of drug-likeness (QED) is 0.501. The zero-order chi connectivity index (χ0) is 15.7. The highest BCUT2D eigenvalue weighted by Gasteiger charge is 2.12. The first-order valence-corrected chi connectivity index (χ1v) is 7.19. The highest BCUT2D eigenvalue weighted by Crippen LogP contribution is 2.24. The Morgan fingerprint density at radius 3 is 2.14 bits per heavy atom. The van der Waals surface area contributed by atoms with Crippen molar-refractivity contribution in [3.63, 3.8) is 0 Å². The summed E-state index contributed by atoms with van der Waals surface area (Å²) in [5.41, 5.74) is 13.1. The molecule has 0 atom stereocenters. The molecule has 0 aliphatic carbocycles. The van der Waals surface area contributed by atoms with E-state index in [9.17, 15) is 4.79 Å². The van der Waals surface area contributed by atoms with Crippen LogP contribution in [0.25, 0.3) is 0 Å². The number of hydrogen-bond acceptors (Lipinski definition) is 5. The summed E-state index contributed by atoms with van der Waals surface area (Å²) in [7, 11) is 0. The Kier molecular flexibility index (Phi) is 7.56. The summed E-state index contributed by atoms with van der Waals surface area (Å²) in [5.74, 6) is -0.483. The number of nitrogen functional groups attached to an aromatic ring is 1. The molecule has 0 spiro atoms. The second-order valence-electron chi connectivity index (χ2n) is 4.52. The Balaban J connectivity index is 2.82. The van der Waals surface area contributed by atoms with Crippen LogP contribution < -0.4 is 16.4 Å². The molecule has 0 fully saturated rings. The van der Waals surface area contributed by atoms with E-state index in [0.717, 1.165) is 5.69 Å². The van der Waals surface area contributed by atoms with Crippen LogP contribution in [0.2, 0.25) is 0 Å². The lowest BCUT2D eigenvalue weighted by atomic mass is 10.1. The van der Waals surface area contributed by atoms with Gasteiger partial charge in [-0.15, -0.1) is 0 Å². The van der Waals surface area contributed by atoms with E-state index in [1.807, 2.05) is 19.9 Å². The van der Waals surface area contributed by atoms with Gasteiger partial charge in [0.05, 0.1) is 24.6 Å². The molecule has 6 nitrogen and oxygen atoms in total. The van der Waals surface area contributed by atoms with Gasteiger partial charge in [-0.2, -0.15) is 0 Å². The van der Waals surface area contributed by atoms with Crippen molar-refractivity contribution in [1.29, 1.82) is 0 Å². The van der Waals surface area contributed by atoms with Crippen LogP contribution >= 0.6 is 0 Å². The van der Waals surface area contributed by atoms with E-state index in [0.29, 0.717) is 50.8 Å². The third-order valence-corrected chi connectivity index (χ3v) is 3.07. The fourth-order valence-corrected chi connectivity index (χ4v) is 1.99. The summed E-state index contributed by atoms with van der Waals surface area (Å²) < 4.78 is 10.8.